The Morgan fingerprint density at radius 1 is 1.10 bits per heavy atom. The van der Waals surface area contributed by atoms with E-state index in [1.807, 2.05) is 13.8 Å². The van der Waals surface area contributed by atoms with Crippen LogP contribution in [0.15, 0.2) is 53.4 Å². The Morgan fingerprint density at radius 3 is 2.40 bits per heavy atom. The van der Waals surface area contributed by atoms with Crippen molar-refractivity contribution in [3.63, 3.8) is 0 Å². The molecular weight excluding hydrogens is 431 g/mol. The van der Waals surface area contributed by atoms with E-state index in [4.69, 9.17) is 0 Å². The molecule has 1 saturated heterocycles. The molecule has 3 rings (SSSR count). The second-order valence-corrected chi connectivity index (χ2v) is 11.6. The van der Waals surface area contributed by atoms with E-state index in [2.05, 4.69) is 4.72 Å². The first-order valence-electron chi connectivity index (χ1n) is 9.38. The lowest BCUT2D eigenvalue weighted by Crippen LogP contribution is -2.57. The Bertz CT molecular complexity index is 1160. The zero-order valence-electron chi connectivity index (χ0n) is 16.6. The molecule has 0 spiro atoms. The molecular formula is C20H23FN2O5S2. The molecule has 7 nitrogen and oxygen atoms in total. The van der Waals surface area contributed by atoms with E-state index in [-0.39, 0.29) is 36.0 Å². The van der Waals surface area contributed by atoms with Crippen LogP contribution in [0.4, 0.5) is 10.1 Å². The highest BCUT2D eigenvalue weighted by Crippen LogP contribution is 2.24. The molecule has 1 heterocycles. The van der Waals surface area contributed by atoms with Gasteiger partial charge >= 0.3 is 0 Å². The van der Waals surface area contributed by atoms with E-state index in [1.54, 1.807) is 0 Å². The quantitative estimate of drug-likeness (QED) is 0.693. The lowest BCUT2D eigenvalue weighted by Gasteiger charge is -2.39. The van der Waals surface area contributed by atoms with Gasteiger partial charge < -0.3 is 4.90 Å². The van der Waals surface area contributed by atoms with Crippen LogP contribution in [0.3, 0.4) is 0 Å². The minimum Gasteiger partial charge on any atom is -0.336 e. The highest BCUT2D eigenvalue weighted by molar-refractivity contribution is 7.92. The van der Waals surface area contributed by atoms with E-state index < -0.39 is 41.7 Å². The fraction of sp³-hybridized carbons (Fsp3) is 0.350. The Labute approximate surface area is 175 Å². The molecule has 0 unspecified atom stereocenters. The number of sulfone groups is 1. The van der Waals surface area contributed by atoms with Crippen molar-refractivity contribution >= 4 is 31.5 Å². The topological polar surface area (TPSA) is 101 Å². The third-order valence-corrected chi connectivity index (χ3v) is 8.56. The standard InChI is InChI=1S/C20H23FN2O5S2/c1-14(2)13-29(25,26)17-11-23(12-17)20(24)15-6-5-7-16(10-15)22-30(27,28)19-9-4-3-8-18(19)21/h3-10,14,17,22H,11-13H2,1-2H3. The van der Waals surface area contributed by atoms with E-state index in [9.17, 15) is 26.0 Å². The van der Waals surface area contributed by atoms with Gasteiger partial charge in [0.25, 0.3) is 15.9 Å². The summed E-state index contributed by atoms with van der Waals surface area (Å²) in [5, 5.41) is -0.577. The van der Waals surface area contributed by atoms with Crippen LogP contribution in [0.25, 0.3) is 0 Å². The third kappa shape index (κ3) is 4.81. The average molecular weight is 455 g/mol. The van der Waals surface area contributed by atoms with E-state index in [1.165, 1.54) is 41.3 Å². The van der Waals surface area contributed by atoms with Crippen molar-refractivity contribution in [1.82, 2.24) is 4.90 Å². The van der Waals surface area contributed by atoms with Gasteiger partial charge in [-0.2, -0.15) is 0 Å². The summed E-state index contributed by atoms with van der Waals surface area (Å²) in [5.41, 5.74) is 0.317. The predicted molar refractivity (Wildman–Crippen MR) is 112 cm³/mol. The van der Waals surface area contributed by atoms with Crippen LogP contribution in [0.2, 0.25) is 0 Å². The molecule has 1 fully saturated rings. The molecule has 1 N–H and O–H groups in total. The van der Waals surface area contributed by atoms with Crippen LogP contribution in [0.5, 0.6) is 0 Å². The van der Waals surface area contributed by atoms with Crippen molar-refractivity contribution in [2.45, 2.75) is 24.0 Å². The number of amides is 1. The monoisotopic (exact) mass is 454 g/mol. The zero-order valence-corrected chi connectivity index (χ0v) is 18.2. The van der Waals surface area contributed by atoms with Crippen molar-refractivity contribution in [2.75, 3.05) is 23.6 Å². The van der Waals surface area contributed by atoms with Crippen LogP contribution < -0.4 is 4.72 Å². The summed E-state index contributed by atoms with van der Waals surface area (Å²) in [6.45, 7) is 3.87. The van der Waals surface area contributed by atoms with Gasteiger partial charge in [-0.15, -0.1) is 0 Å². The lowest BCUT2D eigenvalue weighted by atomic mass is 10.1. The number of hydrogen-bond donors (Lipinski definition) is 1. The second kappa shape index (κ2) is 8.35. The number of benzene rings is 2. The number of sulfonamides is 1. The Hall–Kier alpha value is -2.46. The van der Waals surface area contributed by atoms with Crippen LogP contribution in [-0.4, -0.2) is 51.7 Å². The molecule has 1 aliphatic heterocycles. The fourth-order valence-electron chi connectivity index (χ4n) is 3.20. The van der Waals surface area contributed by atoms with Gasteiger partial charge in [0.2, 0.25) is 0 Å². The van der Waals surface area contributed by atoms with Crippen molar-refractivity contribution in [2.24, 2.45) is 5.92 Å². The average Bonchev–Trinajstić information content (AvgIpc) is 2.59. The van der Waals surface area contributed by atoms with Gasteiger partial charge in [-0.25, -0.2) is 21.2 Å². The Morgan fingerprint density at radius 2 is 1.77 bits per heavy atom. The Balaban J connectivity index is 1.71. The first kappa shape index (κ1) is 22.2. The first-order chi connectivity index (χ1) is 14.0. The summed E-state index contributed by atoms with van der Waals surface area (Å²) >= 11 is 0. The predicted octanol–water partition coefficient (Wildman–Crippen LogP) is 2.52. The molecule has 30 heavy (non-hydrogen) atoms. The van der Waals surface area contributed by atoms with Crippen molar-refractivity contribution in [3.05, 3.63) is 59.9 Å². The molecule has 0 atom stereocenters. The summed E-state index contributed by atoms with van der Waals surface area (Å²) in [5.74, 6) is -1.18. The molecule has 0 saturated carbocycles. The van der Waals surface area contributed by atoms with Gasteiger partial charge in [0.05, 0.1) is 11.0 Å². The minimum atomic E-state index is -4.17. The van der Waals surface area contributed by atoms with Crippen molar-refractivity contribution < 1.29 is 26.0 Å². The molecule has 162 valence electrons. The van der Waals surface area contributed by atoms with Crippen LogP contribution >= 0.6 is 0 Å². The maximum atomic E-state index is 13.8. The molecule has 0 aliphatic carbocycles. The van der Waals surface area contributed by atoms with Gasteiger partial charge in [0.15, 0.2) is 9.84 Å². The van der Waals surface area contributed by atoms with Gasteiger partial charge in [-0.3, -0.25) is 9.52 Å². The van der Waals surface area contributed by atoms with Crippen LogP contribution in [-0.2, 0) is 19.9 Å². The number of nitrogens with one attached hydrogen (secondary N) is 1. The van der Waals surface area contributed by atoms with E-state index >= 15 is 0 Å². The number of likely N-dealkylation sites (tertiary alicyclic amines) is 1. The van der Waals surface area contributed by atoms with Gasteiger partial charge in [0.1, 0.15) is 10.7 Å². The smallest absolute Gasteiger partial charge is 0.264 e. The maximum Gasteiger partial charge on any atom is 0.264 e. The SMILES string of the molecule is CC(C)CS(=O)(=O)C1CN(C(=O)c2cccc(NS(=O)(=O)c3ccccc3F)c2)C1. The molecule has 0 bridgehead atoms. The minimum absolute atomic E-state index is 0.0129. The van der Waals surface area contributed by atoms with Crippen LogP contribution in [0.1, 0.15) is 24.2 Å². The molecule has 2 aromatic rings. The molecule has 0 radical (unpaired) electrons. The van der Waals surface area contributed by atoms with Gasteiger partial charge in [0, 0.05) is 24.3 Å². The number of halogens is 1. The number of rotatable bonds is 7. The molecule has 1 aliphatic rings. The molecule has 1 amide bonds. The van der Waals surface area contributed by atoms with Gasteiger partial charge in [-0.1, -0.05) is 32.0 Å². The molecule has 0 aromatic heterocycles. The summed E-state index contributed by atoms with van der Waals surface area (Å²) < 4.78 is 65.5. The normalized spacial score (nSPS) is 15.1. The summed E-state index contributed by atoms with van der Waals surface area (Å²) in [6.07, 6.45) is 0. The third-order valence-electron chi connectivity index (χ3n) is 4.70. The van der Waals surface area contributed by atoms with Crippen LogP contribution in [0, 0.1) is 11.7 Å². The molecule has 2 aromatic carbocycles. The zero-order chi connectivity index (χ0) is 22.1. The summed E-state index contributed by atoms with van der Waals surface area (Å²) in [7, 11) is -7.43. The summed E-state index contributed by atoms with van der Waals surface area (Å²) in [6, 6.07) is 10.8. The van der Waals surface area contributed by atoms with E-state index in [0.717, 1.165) is 12.1 Å². The van der Waals surface area contributed by atoms with Crippen molar-refractivity contribution in [1.29, 1.82) is 0 Å². The molecule has 10 heteroatoms. The van der Waals surface area contributed by atoms with Gasteiger partial charge in [-0.05, 0) is 36.2 Å². The fourth-order valence-corrected chi connectivity index (χ4v) is 6.35. The second-order valence-electron chi connectivity index (χ2n) is 7.67. The number of carbonyl (C=O) groups excluding carboxylic acids is 1. The van der Waals surface area contributed by atoms with Crippen molar-refractivity contribution in [3.8, 4) is 0 Å². The first-order valence-corrected chi connectivity index (χ1v) is 12.6. The number of anilines is 1. The van der Waals surface area contributed by atoms with E-state index in [0.29, 0.717) is 0 Å². The summed E-state index contributed by atoms with van der Waals surface area (Å²) in [4.78, 5) is 13.6. The highest BCUT2D eigenvalue weighted by atomic mass is 32.2. The largest absolute Gasteiger partial charge is 0.336 e. The number of nitrogens with zero attached hydrogens (tertiary/aromatic N) is 1. The lowest BCUT2D eigenvalue weighted by molar-refractivity contribution is 0.0659. The highest BCUT2D eigenvalue weighted by Gasteiger charge is 2.40. The number of carbonyl (C=O) groups is 1. The number of hydrogen-bond acceptors (Lipinski definition) is 5. The Kier molecular flexibility index (Phi) is 6.19. The maximum absolute atomic E-state index is 13.8.